The van der Waals surface area contributed by atoms with Crippen LogP contribution < -0.4 is 5.32 Å². The molecule has 1 aromatic carbocycles. The second kappa shape index (κ2) is 5.85. The first-order valence-corrected chi connectivity index (χ1v) is 6.28. The van der Waals surface area contributed by atoms with Gasteiger partial charge in [-0.25, -0.2) is 0 Å². The number of benzene rings is 1. The minimum Gasteiger partial charge on any atom is -0.347 e. The SMILES string of the molecule is CC(C)CCC(=O)NC(C)(C)c1ccccc1. The zero-order valence-electron chi connectivity index (χ0n) is 11.3. The molecule has 0 heterocycles. The van der Waals surface area contributed by atoms with Crippen molar-refractivity contribution in [2.24, 2.45) is 5.92 Å². The molecule has 0 aliphatic heterocycles. The van der Waals surface area contributed by atoms with E-state index in [1.54, 1.807) is 0 Å². The van der Waals surface area contributed by atoms with Gasteiger partial charge in [-0.05, 0) is 31.7 Å². The Morgan fingerprint density at radius 3 is 2.35 bits per heavy atom. The summed E-state index contributed by atoms with van der Waals surface area (Å²) >= 11 is 0. The van der Waals surface area contributed by atoms with E-state index in [1.165, 1.54) is 0 Å². The Morgan fingerprint density at radius 2 is 1.82 bits per heavy atom. The first-order valence-electron chi connectivity index (χ1n) is 6.28. The van der Waals surface area contributed by atoms with Gasteiger partial charge in [0, 0.05) is 6.42 Å². The summed E-state index contributed by atoms with van der Waals surface area (Å²) in [6.07, 6.45) is 1.55. The molecule has 94 valence electrons. The third-order valence-electron chi connectivity index (χ3n) is 2.90. The second-order valence-electron chi connectivity index (χ2n) is 5.47. The molecule has 17 heavy (non-hydrogen) atoms. The monoisotopic (exact) mass is 233 g/mol. The van der Waals surface area contributed by atoms with Gasteiger partial charge in [0.25, 0.3) is 0 Å². The number of hydrogen-bond acceptors (Lipinski definition) is 1. The Bertz CT molecular complexity index is 354. The lowest BCUT2D eigenvalue weighted by Crippen LogP contribution is -2.40. The fourth-order valence-corrected chi connectivity index (χ4v) is 1.76. The molecule has 0 aromatic heterocycles. The average molecular weight is 233 g/mol. The summed E-state index contributed by atoms with van der Waals surface area (Å²) in [5.41, 5.74) is 0.841. The highest BCUT2D eigenvalue weighted by Gasteiger charge is 2.22. The predicted octanol–water partition coefficient (Wildman–Crippen LogP) is 3.47. The van der Waals surface area contributed by atoms with Gasteiger partial charge >= 0.3 is 0 Å². The van der Waals surface area contributed by atoms with Crippen molar-refractivity contribution in [3.63, 3.8) is 0 Å². The van der Waals surface area contributed by atoms with Gasteiger partial charge < -0.3 is 5.32 Å². The van der Waals surface area contributed by atoms with Crippen molar-refractivity contribution in [3.8, 4) is 0 Å². The highest BCUT2D eigenvalue weighted by molar-refractivity contribution is 5.76. The molecule has 2 heteroatoms. The minimum atomic E-state index is -0.296. The van der Waals surface area contributed by atoms with Gasteiger partial charge in [0.1, 0.15) is 0 Å². The Hall–Kier alpha value is -1.31. The predicted molar refractivity (Wildman–Crippen MR) is 71.7 cm³/mol. The normalized spacial score (nSPS) is 11.6. The highest BCUT2D eigenvalue weighted by Crippen LogP contribution is 2.19. The topological polar surface area (TPSA) is 29.1 Å². The smallest absolute Gasteiger partial charge is 0.220 e. The highest BCUT2D eigenvalue weighted by atomic mass is 16.1. The molecule has 2 nitrogen and oxygen atoms in total. The van der Waals surface area contributed by atoms with Crippen LogP contribution in [0, 0.1) is 5.92 Å². The fourth-order valence-electron chi connectivity index (χ4n) is 1.76. The van der Waals surface area contributed by atoms with Gasteiger partial charge in [0.15, 0.2) is 0 Å². The lowest BCUT2D eigenvalue weighted by atomic mass is 9.94. The standard InChI is InChI=1S/C15H23NO/c1-12(2)10-11-14(17)16-15(3,4)13-8-6-5-7-9-13/h5-9,12H,10-11H2,1-4H3,(H,16,17). The zero-order chi connectivity index (χ0) is 12.9. The zero-order valence-corrected chi connectivity index (χ0v) is 11.3. The molecule has 0 aliphatic carbocycles. The van der Waals surface area contributed by atoms with Gasteiger partial charge in [0.05, 0.1) is 5.54 Å². The molecule has 0 spiro atoms. The van der Waals surface area contributed by atoms with Crippen molar-refractivity contribution in [1.82, 2.24) is 5.32 Å². The van der Waals surface area contributed by atoms with Crippen LogP contribution in [0.5, 0.6) is 0 Å². The number of amides is 1. The fraction of sp³-hybridized carbons (Fsp3) is 0.533. The maximum absolute atomic E-state index is 11.8. The summed E-state index contributed by atoms with van der Waals surface area (Å²) in [5.74, 6) is 0.702. The summed E-state index contributed by atoms with van der Waals surface area (Å²) in [6.45, 7) is 8.34. The molecule has 0 bridgehead atoms. The van der Waals surface area contributed by atoms with Gasteiger partial charge in [-0.15, -0.1) is 0 Å². The van der Waals surface area contributed by atoms with Gasteiger partial charge in [-0.3, -0.25) is 4.79 Å². The van der Waals surface area contributed by atoms with Crippen LogP contribution in [0.1, 0.15) is 46.1 Å². The van der Waals surface area contributed by atoms with Crippen LogP contribution in [-0.4, -0.2) is 5.91 Å². The van der Waals surface area contributed by atoms with Gasteiger partial charge in [0.2, 0.25) is 5.91 Å². The van der Waals surface area contributed by atoms with Crippen molar-refractivity contribution in [1.29, 1.82) is 0 Å². The Kier molecular flexibility index (Phi) is 4.73. The number of rotatable bonds is 5. The molecule has 0 unspecified atom stereocenters. The van der Waals surface area contributed by atoms with Gasteiger partial charge in [-0.2, -0.15) is 0 Å². The van der Waals surface area contributed by atoms with Crippen LogP contribution in [0.4, 0.5) is 0 Å². The number of carbonyl (C=O) groups is 1. The van der Waals surface area contributed by atoms with Crippen LogP contribution in [0.2, 0.25) is 0 Å². The summed E-state index contributed by atoms with van der Waals surface area (Å²) in [6, 6.07) is 10.1. The van der Waals surface area contributed by atoms with Crippen LogP contribution >= 0.6 is 0 Å². The van der Waals surface area contributed by atoms with Crippen LogP contribution in [0.15, 0.2) is 30.3 Å². The molecule has 1 rings (SSSR count). The van der Waals surface area contributed by atoms with E-state index in [2.05, 4.69) is 19.2 Å². The summed E-state index contributed by atoms with van der Waals surface area (Å²) in [7, 11) is 0. The van der Waals surface area contributed by atoms with E-state index < -0.39 is 0 Å². The van der Waals surface area contributed by atoms with Gasteiger partial charge in [-0.1, -0.05) is 44.2 Å². The molecule has 0 fully saturated rings. The van der Waals surface area contributed by atoms with Crippen molar-refractivity contribution < 1.29 is 4.79 Å². The molecule has 0 atom stereocenters. The molecule has 0 radical (unpaired) electrons. The molecule has 0 saturated heterocycles. The minimum absolute atomic E-state index is 0.132. The average Bonchev–Trinajstić information content (AvgIpc) is 2.27. The molecule has 1 N–H and O–H groups in total. The van der Waals surface area contributed by atoms with E-state index in [9.17, 15) is 4.79 Å². The molecular weight excluding hydrogens is 210 g/mol. The number of hydrogen-bond donors (Lipinski definition) is 1. The van der Waals surface area contributed by atoms with Crippen LogP contribution in [-0.2, 0) is 10.3 Å². The summed E-state index contributed by atoms with van der Waals surface area (Å²) in [4.78, 5) is 11.8. The molecule has 0 aliphatic rings. The van der Waals surface area contributed by atoms with E-state index in [0.29, 0.717) is 12.3 Å². The Morgan fingerprint density at radius 1 is 1.24 bits per heavy atom. The third-order valence-corrected chi connectivity index (χ3v) is 2.90. The summed E-state index contributed by atoms with van der Waals surface area (Å²) in [5, 5.41) is 3.09. The van der Waals surface area contributed by atoms with Crippen LogP contribution in [0.25, 0.3) is 0 Å². The molecule has 1 amide bonds. The maximum Gasteiger partial charge on any atom is 0.220 e. The van der Waals surface area contributed by atoms with Crippen molar-refractivity contribution in [2.75, 3.05) is 0 Å². The van der Waals surface area contributed by atoms with E-state index in [-0.39, 0.29) is 11.4 Å². The van der Waals surface area contributed by atoms with Crippen molar-refractivity contribution >= 4 is 5.91 Å². The number of carbonyl (C=O) groups excluding carboxylic acids is 1. The van der Waals surface area contributed by atoms with E-state index in [1.807, 2.05) is 44.2 Å². The Labute approximate surface area is 104 Å². The summed E-state index contributed by atoms with van der Waals surface area (Å²) < 4.78 is 0. The second-order valence-corrected chi connectivity index (χ2v) is 5.47. The lowest BCUT2D eigenvalue weighted by molar-refractivity contribution is -0.123. The molecular formula is C15H23NO. The van der Waals surface area contributed by atoms with Crippen molar-refractivity contribution in [3.05, 3.63) is 35.9 Å². The van der Waals surface area contributed by atoms with E-state index in [4.69, 9.17) is 0 Å². The Balaban J connectivity index is 2.58. The molecule has 1 aromatic rings. The van der Waals surface area contributed by atoms with Crippen molar-refractivity contribution in [2.45, 2.75) is 46.1 Å². The third kappa shape index (κ3) is 4.59. The maximum atomic E-state index is 11.8. The first-order chi connectivity index (χ1) is 7.92. The van der Waals surface area contributed by atoms with E-state index in [0.717, 1.165) is 12.0 Å². The molecule has 0 saturated carbocycles. The number of nitrogens with one attached hydrogen (secondary N) is 1. The first kappa shape index (κ1) is 13.8. The quantitative estimate of drug-likeness (QED) is 0.829. The lowest BCUT2D eigenvalue weighted by Gasteiger charge is -2.27. The van der Waals surface area contributed by atoms with E-state index >= 15 is 0 Å². The largest absolute Gasteiger partial charge is 0.347 e. The van der Waals surface area contributed by atoms with Crippen LogP contribution in [0.3, 0.4) is 0 Å².